The average molecular weight is 304 g/mol. The van der Waals surface area contributed by atoms with Crippen LogP contribution in [0.5, 0.6) is 0 Å². The highest BCUT2D eigenvalue weighted by molar-refractivity contribution is 6.40. The van der Waals surface area contributed by atoms with E-state index in [-0.39, 0.29) is 32.6 Å². The molecule has 0 aliphatic rings. The lowest BCUT2D eigenvalue weighted by atomic mass is 9.92. The quantitative estimate of drug-likeness (QED) is 0.884. The molecule has 0 aromatic heterocycles. The number of anilines is 1. The van der Waals surface area contributed by atoms with E-state index < -0.39 is 5.97 Å². The maximum absolute atomic E-state index is 11.8. The molecule has 104 valence electrons. The van der Waals surface area contributed by atoms with Crippen molar-refractivity contribution in [1.29, 1.82) is 0 Å². The Morgan fingerprint density at radius 1 is 1.21 bits per heavy atom. The van der Waals surface area contributed by atoms with E-state index in [1.165, 1.54) is 12.1 Å². The van der Waals surface area contributed by atoms with Crippen LogP contribution < -0.4 is 5.32 Å². The van der Waals surface area contributed by atoms with Gasteiger partial charge in [0, 0.05) is 6.42 Å². The predicted octanol–water partition coefficient (Wildman–Crippen LogP) is 4.07. The van der Waals surface area contributed by atoms with Gasteiger partial charge in [-0.05, 0) is 17.5 Å². The Bertz CT molecular complexity index is 498. The van der Waals surface area contributed by atoms with Crippen molar-refractivity contribution < 1.29 is 14.7 Å². The van der Waals surface area contributed by atoms with Gasteiger partial charge in [0.2, 0.25) is 5.91 Å². The molecule has 1 aromatic carbocycles. The molecule has 0 aliphatic heterocycles. The Kier molecular flexibility index (Phi) is 4.82. The Balaban J connectivity index is 2.97. The maximum atomic E-state index is 11.8. The number of carboxylic acid groups (broad SMARTS) is 1. The predicted molar refractivity (Wildman–Crippen MR) is 76.1 cm³/mol. The number of carboxylic acids is 1. The number of carbonyl (C=O) groups excluding carboxylic acids is 1. The zero-order valence-corrected chi connectivity index (χ0v) is 12.4. The van der Waals surface area contributed by atoms with Gasteiger partial charge in [-0.2, -0.15) is 0 Å². The van der Waals surface area contributed by atoms with E-state index in [9.17, 15) is 9.59 Å². The van der Waals surface area contributed by atoms with E-state index >= 15 is 0 Å². The molecule has 0 unspecified atom stereocenters. The normalized spacial score (nSPS) is 11.2. The monoisotopic (exact) mass is 303 g/mol. The topological polar surface area (TPSA) is 66.4 Å². The molecule has 19 heavy (non-hydrogen) atoms. The van der Waals surface area contributed by atoms with Crippen LogP contribution in [-0.2, 0) is 4.79 Å². The number of amides is 1. The van der Waals surface area contributed by atoms with Crippen LogP contribution in [0.4, 0.5) is 5.69 Å². The summed E-state index contributed by atoms with van der Waals surface area (Å²) in [5.74, 6) is -1.35. The van der Waals surface area contributed by atoms with Gasteiger partial charge in [0.25, 0.3) is 0 Å². The van der Waals surface area contributed by atoms with E-state index in [1.807, 2.05) is 20.8 Å². The minimum absolute atomic E-state index is 0.0242. The first kappa shape index (κ1) is 15.8. The van der Waals surface area contributed by atoms with Gasteiger partial charge in [0.15, 0.2) is 0 Å². The fourth-order valence-electron chi connectivity index (χ4n) is 1.48. The van der Waals surface area contributed by atoms with Crippen LogP contribution in [0, 0.1) is 5.41 Å². The molecule has 1 amide bonds. The lowest BCUT2D eigenvalue weighted by Crippen LogP contribution is -2.20. The zero-order valence-electron chi connectivity index (χ0n) is 10.9. The number of carbonyl (C=O) groups is 2. The van der Waals surface area contributed by atoms with Gasteiger partial charge in [-0.1, -0.05) is 44.0 Å². The highest BCUT2D eigenvalue weighted by Gasteiger charge is 2.19. The molecule has 0 fully saturated rings. The van der Waals surface area contributed by atoms with Gasteiger partial charge in [-0.15, -0.1) is 0 Å². The Morgan fingerprint density at radius 2 is 1.68 bits per heavy atom. The van der Waals surface area contributed by atoms with Gasteiger partial charge in [-0.3, -0.25) is 4.79 Å². The molecule has 2 N–H and O–H groups in total. The summed E-state index contributed by atoms with van der Waals surface area (Å²) in [4.78, 5) is 22.6. The van der Waals surface area contributed by atoms with Crippen molar-refractivity contribution in [2.75, 3.05) is 5.32 Å². The fraction of sp³-hybridized carbons (Fsp3) is 0.385. The summed E-state index contributed by atoms with van der Waals surface area (Å²) in [6, 6.07) is 2.50. The Labute approximate surface area is 121 Å². The highest BCUT2D eigenvalue weighted by atomic mass is 35.5. The van der Waals surface area contributed by atoms with Crippen molar-refractivity contribution in [3.05, 3.63) is 27.7 Å². The molecular weight excluding hydrogens is 289 g/mol. The molecule has 0 heterocycles. The Hall–Kier alpha value is -1.26. The minimum Gasteiger partial charge on any atom is -0.478 e. The summed E-state index contributed by atoms with van der Waals surface area (Å²) in [5.41, 5.74) is 0.0516. The van der Waals surface area contributed by atoms with Crippen LogP contribution in [0.2, 0.25) is 10.0 Å². The lowest BCUT2D eigenvalue weighted by molar-refractivity contribution is -0.117. The van der Waals surface area contributed by atoms with E-state index in [0.29, 0.717) is 6.42 Å². The molecule has 0 saturated heterocycles. The van der Waals surface area contributed by atoms with Gasteiger partial charge in [-0.25, -0.2) is 4.79 Å². The molecule has 0 aliphatic carbocycles. The molecule has 0 radical (unpaired) electrons. The van der Waals surface area contributed by atoms with E-state index in [2.05, 4.69) is 5.32 Å². The molecule has 0 bridgehead atoms. The molecule has 0 spiro atoms. The Morgan fingerprint density at radius 3 is 2.05 bits per heavy atom. The summed E-state index contributed by atoms with van der Waals surface area (Å²) >= 11 is 11.9. The summed E-state index contributed by atoms with van der Waals surface area (Å²) in [7, 11) is 0. The summed E-state index contributed by atoms with van der Waals surface area (Å²) < 4.78 is 0. The van der Waals surface area contributed by atoms with Crippen LogP contribution >= 0.6 is 23.2 Å². The minimum atomic E-state index is -1.13. The summed E-state index contributed by atoms with van der Waals surface area (Å²) in [5, 5.41) is 11.7. The van der Waals surface area contributed by atoms with Gasteiger partial charge < -0.3 is 10.4 Å². The SMILES string of the molecule is CC(C)(C)CC(=O)Nc1c(Cl)cc(C(=O)O)cc1Cl. The van der Waals surface area contributed by atoms with E-state index in [1.54, 1.807) is 0 Å². The number of aromatic carboxylic acids is 1. The molecule has 6 heteroatoms. The van der Waals surface area contributed by atoms with Crippen LogP contribution in [0.25, 0.3) is 0 Å². The van der Waals surface area contributed by atoms with Crippen molar-refractivity contribution >= 4 is 40.8 Å². The first-order chi connectivity index (χ1) is 8.60. The average Bonchev–Trinajstić information content (AvgIpc) is 2.20. The second kappa shape index (κ2) is 5.80. The fourth-order valence-corrected chi connectivity index (χ4v) is 2.06. The molecule has 4 nitrogen and oxygen atoms in total. The number of hydrogen-bond donors (Lipinski definition) is 2. The van der Waals surface area contributed by atoms with E-state index in [4.69, 9.17) is 28.3 Å². The van der Waals surface area contributed by atoms with Crippen LogP contribution in [0.15, 0.2) is 12.1 Å². The van der Waals surface area contributed by atoms with Crippen LogP contribution in [-0.4, -0.2) is 17.0 Å². The lowest BCUT2D eigenvalue weighted by Gasteiger charge is -2.18. The highest BCUT2D eigenvalue weighted by Crippen LogP contribution is 2.32. The number of benzene rings is 1. The third-order valence-electron chi connectivity index (χ3n) is 2.24. The third-order valence-corrected chi connectivity index (χ3v) is 2.84. The molecule has 1 aromatic rings. The van der Waals surface area contributed by atoms with Gasteiger partial charge in [0.05, 0.1) is 21.3 Å². The van der Waals surface area contributed by atoms with Crippen LogP contribution in [0.1, 0.15) is 37.6 Å². The van der Waals surface area contributed by atoms with Crippen molar-refractivity contribution in [2.45, 2.75) is 27.2 Å². The van der Waals surface area contributed by atoms with Crippen LogP contribution in [0.3, 0.4) is 0 Å². The third kappa shape index (κ3) is 4.73. The first-order valence-corrected chi connectivity index (χ1v) is 6.38. The molecule has 0 atom stereocenters. The maximum Gasteiger partial charge on any atom is 0.335 e. The second-order valence-corrected chi connectivity index (χ2v) is 6.22. The molecule has 0 saturated carbocycles. The first-order valence-electron chi connectivity index (χ1n) is 5.62. The van der Waals surface area contributed by atoms with Crippen molar-refractivity contribution in [2.24, 2.45) is 5.41 Å². The van der Waals surface area contributed by atoms with E-state index in [0.717, 1.165) is 0 Å². The van der Waals surface area contributed by atoms with Crippen molar-refractivity contribution in [1.82, 2.24) is 0 Å². The molecule has 1 rings (SSSR count). The van der Waals surface area contributed by atoms with Gasteiger partial charge in [0.1, 0.15) is 0 Å². The zero-order chi connectivity index (χ0) is 14.8. The van der Waals surface area contributed by atoms with Gasteiger partial charge >= 0.3 is 5.97 Å². The van der Waals surface area contributed by atoms with Crippen molar-refractivity contribution in [3.63, 3.8) is 0 Å². The molecular formula is C13H15Cl2NO3. The summed E-state index contributed by atoms with van der Waals surface area (Å²) in [6.07, 6.45) is 0.306. The number of rotatable bonds is 3. The number of halogens is 2. The largest absolute Gasteiger partial charge is 0.478 e. The second-order valence-electron chi connectivity index (χ2n) is 5.41. The summed E-state index contributed by atoms with van der Waals surface area (Å²) in [6.45, 7) is 5.80. The smallest absolute Gasteiger partial charge is 0.335 e. The standard InChI is InChI=1S/C13H15Cl2NO3/c1-13(2,3)6-10(17)16-11-8(14)4-7(12(18)19)5-9(11)15/h4-5H,6H2,1-3H3,(H,16,17)(H,18,19). The number of nitrogens with one attached hydrogen (secondary N) is 1. The number of hydrogen-bond acceptors (Lipinski definition) is 2. The van der Waals surface area contributed by atoms with Crippen molar-refractivity contribution in [3.8, 4) is 0 Å².